The van der Waals surface area contributed by atoms with E-state index >= 15 is 0 Å². The van der Waals surface area contributed by atoms with E-state index in [0.29, 0.717) is 17.3 Å². The van der Waals surface area contributed by atoms with Gasteiger partial charge in [-0.25, -0.2) is 13.4 Å². The van der Waals surface area contributed by atoms with E-state index in [1.807, 2.05) is 12.1 Å². The van der Waals surface area contributed by atoms with Crippen molar-refractivity contribution in [3.8, 4) is 0 Å². The summed E-state index contributed by atoms with van der Waals surface area (Å²) in [7, 11) is -3.32. The molecule has 0 saturated carbocycles. The average molecular weight is 442 g/mol. The molecule has 0 aliphatic carbocycles. The fourth-order valence-electron chi connectivity index (χ4n) is 2.22. The molecule has 0 saturated heterocycles. The molecule has 27 heavy (non-hydrogen) atoms. The van der Waals surface area contributed by atoms with Crippen LogP contribution in [0, 0.1) is 0 Å². The number of anilines is 1. The van der Waals surface area contributed by atoms with Crippen molar-refractivity contribution in [3.63, 3.8) is 0 Å². The number of halogens is 1. The lowest BCUT2D eigenvalue weighted by Crippen LogP contribution is -2.24. The highest BCUT2D eigenvalue weighted by atomic mass is 35.5. The maximum absolute atomic E-state index is 12.0. The van der Waals surface area contributed by atoms with Crippen molar-refractivity contribution >= 4 is 66.5 Å². The molecule has 0 spiro atoms. The third kappa shape index (κ3) is 6.10. The Morgan fingerprint density at radius 3 is 2.67 bits per heavy atom. The molecule has 1 aromatic heterocycles. The number of thioether (sulfide) groups is 1. The van der Waals surface area contributed by atoms with Crippen molar-refractivity contribution in [1.29, 1.82) is 0 Å². The molecule has 6 nitrogen and oxygen atoms in total. The van der Waals surface area contributed by atoms with Gasteiger partial charge in [-0.1, -0.05) is 35.5 Å². The first kappa shape index (κ1) is 19.9. The van der Waals surface area contributed by atoms with Crippen LogP contribution in [0.4, 0.5) is 5.69 Å². The van der Waals surface area contributed by atoms with Crippen LogP contribution in [-0.2, 0) is 21.4 Å². The lowest BCUT2D eigenvalue weighted by atomic mass is 10.2. The predicted molar refractivity (Wildman–Crippen MR) is 112 cm³/mol. The zero-order valence-electron chi connectivity index (χ0n) is 14.2. The largest absolute Gasteiger partial charge is 0.351 e. The first-order chi connectivity index (χ1) is 12.8. The second-order valence-corrected chi connectivity index (χ2v) is 10.2. The molecule has 0 aliphatic rings. The number of hydrogen-bond donors (Lipinski definition) is 2. The molecule has 0 unspecified atom stereocenters. The molecule has 142 valence electrons. The van der Waals surface area contributed by atoms with E-state index in [1.54, 1.807) is 30.3 Å². The number of rotatable bonds is 7. The monoisotopic (exact) mass is 441 g/mol. The fraction of sp³-hybridized carbons (Fsp3) is 0.176. The van der Waals surface area contributed by atoms with Gasteiger partial charge in [0, 0.05) is 11.6 Å². The van der Waals surface area contributed by atoms with Gasteiger partial charge in [0.15, 0.2) is 4.34 Å². The van der Waals surface area contributed by atoms with Crippen LogP contribution in [-0.4, -0.2) is 31.3 Å². The molecule has 0 atom stereocenters. The van der Waals surface area contributed by atoms with Crippen LogP contribution in [0.25, 0.3) is 10.2 Å². The molecule has 1 heterocycles. The zero-order chi connectivity index (χ0) is 19.4. The highest BCUT2D eigenvalue weighted by molar-refractivity contribution is 8.01. The van der Waals surface area contributed by atoms with Gasteiger partial charge in [-0.3, -0.25) is 9.52 Å². The average Bonchev–Trinajstić information content (AvgIpc) is 3.00. The van der Waals surface area contributed by atoms with Crippen LogP contribution in [0.15, 0.2) is 46.8 Å². The summed E-state index contributed by atoms with van der Waals surface area (Å²) in [5.41, 5.74) is 2.23. The van der Waals surface area contributed by atoms with E-state index in [2.05, 4.69) is 15.0 Å². The van der Waals surface area contributed by atoms with E-state index in [1.165, 1.54) is 23.1 Å². The van der Waals surface area contributed by atoms with E-state index in [-0.39, 0.29) is 11.7 Å². The van der Waals surface area contributed by atoms with Gasteiger partial charge in [0.05, 0.1) is 27.9 Å². The molecule has 1 amide bonds. The number of sulfonamides is 1. The molecule has 0 aliphatic heterocycles. The van der Waals surface area contributed by atoms with Crippen LogP contribution in [0.1, 0.15) is 5.56 Å². The SMILES string of the molecule is CS(=O)(=O)Nc1ccc2nc(SCC(=O)NCc3ccc(Cl)cc3)sc2c1. The summed E-state index contributed by atoms with van der Waals surface area (Å²) < 4.78 is 26.7. The Hall–Kier alpha value is -1.81. The van der Waals surface area contributed by atoms with Crippen LogP contribution in [0.5, 0.6) is 0 Å². The first-order valence-electron chi connectivity index (χ1n) is 7.81. The lowest BCUT2D eigenvalue weighted by Gasteiger charge is -2.04. The zero-order valence-corrected chi connectivity index (χ0v) is 17.4. The summed E-state index contributed by atoms with van der Waals surface area (Å²) in [6, 6.07) is 12.5. The minimum atomic E-state index is -3.32. The number of amides is 1. The molecule has 10 heteroatoms. The van der Waals surface area contributed by atoms with Gasteiger partial charge in [-0.05, 0) is 35.9 Å². The second kappa shape index (κ2) is 8.47. The molecule has 3 aromatic rings. The molecule has 3 rings (SSSR count). The van der Waals surface area contributed by atoms with Crippen LogP contribution >= 0.6 is 34.7 Å². The first-order valence-corrected chi connectivity index (χ1v) is 11.9. The number of nitrogens with zero attached hydrogens (tertiary/aromatic N) is 1. The molecule has 0 bridgehead atoms. The minimum Gasteiger partial charge on any atom is -0.351 e. The summed E-state index contributed by atoms with van der Waals surface area (Å²) in [6.07, 6.45) is 1.10. The smallest absolute Gasteiger partial charge is 0.230 e. The van der Waals surface area contributed by atoms with E-state index < -0.39 is 10.0 Å². The number of nitrogens with one attached hydrogen (secondary N) is 2. The Kier molecular flexibility index (Phi) is 6.25. The van der Waals surface area contributed by atoms with E-state index in [9.17, 15) is 13.2 Å². The summed E-state index contributed by atoms with van der Waals surface area (Å²) in [5.74, 6) is 0.163. The highest BCUT2D eigenvalue weighted by Crippen LogP contribution is 2.31. The second-order valence-electron chi connectivity index (χ2n) is 5.73. The number of thiazole rings is 1. The van der Waals surface area contributed by atoms with Gasteiger partial charge in [-0.2, -0.15) is 0 Å². The molecule has 2 N–H and O–H groups in total. The van der Waals surface area contributed by atoms with Gasteiger partial charge in [0.2, 0.25) is 15.9 Å². The summed E-state index contributed by atoms with van der Waals surface area (Å²) in [6.45, 7) is 0.441. The molecular weight excluding hydrogens is 426 g/mol. The quantitative estimate of drug-likeness (QED) is 0.545. The molecular formula is C17H16ClN3O3S3. The van der Waals surface area contributed by atoms with Gasteiger partial charge in [0.1, 0.15) is 0 Å². The topological polar surface area (TPSA) is 88.2 Å². The molecule has 0 radical (unpaired) electrons. The number of fused-ring (bicyclic) bond motifs is 1. The molecule has 0 fully saturated rings. The van der Waals surface area contributed by atoms with Gasteiger partial charge in [0.25, 0.3) is 0 Å². The maximum Gasteiger partial charge on any atom is 0.230 e. The van der Waals surface area contributed by atoms with Crippen molar-refractivity contribution in [2.45, 2.75) is 10.9 Å². The number of hydrogen-bond acceptors (Lipinski definition) is 6. The van der Waals surface area contributed by atoms with E-state index in [0.717, 1.165) is 26.4 Å². The maximum atomic E-state index is 12.0. The summed E-state index contributed by atoms with van der Waals surface area (Å²) in [5, 5.41) is 3.51. The Morgan fingerprint density at radius 1 is 1.22 bits per heavy atom. The number of benzene rings is 2. The summed E-state index contributed by atoms with van der Waals surface area (Å²) >= 11 is 8.60. The van der Waals surface area contributed by atoms with Crippen molar-refractivity contribution in [2.24, 2.45) is 0 Å². The molecule has 2 aromatic carbocycles. The Labute approximate surface area is 170 Å². The van der Waals surface area contributed by atoms with Crippen LogP contribution in [0.3, 0.4) is 0 Å². The predicted octanol–water partition coefficient (Wildman–Crippen LogP) is 3.73. The number of carbonyl (C=O) groups excluding carboxylic acids is 1. The minimum absolute atomic E-state index is 0.0892. The fourth-order valence-corrected chi connectivity index (χ4v) is 4.84. The van der Waals surface area contributed by atoms with Crippen LogP contribution in [0.2, 0.25) is 5.02 Å². The van der Waals surface area contributed by atoms with E-state index in [4.69, 9.17) is 11.6 Å². The Morgan fingerprint density at radius 2 is 1.96 bits per heavy atom. The Bertz CT molecular complexity index is 1070. The van der Waals surface area contributed by atoms with Crippen molar-refractivity contribution in [2.75, 3.05) is 16.7 Å². The standard InChI is InChI=1S/C17H16ClN3O3S3/c1-27(23,24)21-13-6-7-14-15(8-13)26-17(20-14)25-10-16(22)19-9-11-2-4-12(18)5-3-11/h2-8,21H,9-10H2,1H3,(H,19,22). The number of aromatic nitrogens is 1. The van der Waals surface area contributed by atoms with Gasteiger partial charge < -0.3 is 5.32 Å². The van der Waals surface area contributed by atoms with Crippen molar-refractivity contribution < 1.29 is 13.2 Å². The number of carbonyl (C=O) groups is 1. The van der Waals surface area contributed by atoms with Crippen molar-refractivity contribution in [3.05, 3.63) is 53.1 Å². The highest BCUT2D eigenvalue weighted by Gasteiger charge is 2.10. The lowest BCUT2D eigenvalue weighted by molar-refractivity contribution is -0.118. The summed E-state index contributed by atoms with van der Waals surface area (Å²) in [4.78, 5) is 16.5. The van der Waals surface area contributed by atoms with Crippen LogP contribution < -0.4 is 10.0 Å². The normalized spacial score (nSPS) is 11.5. The van der Waals surface area contributed by atoms with Gasteiger partial charge in [-0.15, -0.1) is 11.3 Å². The van der Waals surface area contributed by atoms with Crippen molar-refractivity contribution in [1.82, 2.24) is 10.3 Å². The third-order valence-corrected chi connectivity index (χ3v) is 6.42. The third-order valence-electron chi connectivity index (χ3n) is 3.40. The Balaban J connectivity index is 1.56. The van der Waals surface area contributed by atoms with Gasteiger partial charge >= 0.3 is 0 Å².